The van der Waals surface area contributed by atoms with Crippen molar-refractivity contribution in [1.82, 2.24) is 4.90 Å². The number of thioether (sulfide) groups is 1. The van der Waals surface area contributed by atoms with E-state index in [9.17, 15) is 14.4 Å². The van der Waals surface area contributed by atoms with E-state index in [1.165, 1.54) is 6.08 Å². The first-order valence-electron chi connectivity index (χ1n) is 11.4. The minimum Gasteiger partial charge on any atom is -0.490 e. The lowest BCUT2D eigenvalue weighted by molar-refractivity contribution is -0.127. The predicted molar refractivity (Wildman–Crippen MR) is 154 cm³/mol. The van der Waals surface area contributed by atoms with Crippen LogP contribution in [0.2, 0.25) is 10.0 Å². The summed E-state index contributed by atoms with van der Waals surface area (Å²) < 4.78 is 12.5. The number of halogens is 3. The van der Waals surface area contributed by atoms with E-state index in [1.54, 1.807) is 48.5 Å². The van der Waals surface area contributed by atoms with Crippen molar-refractivity contribution in [3.63, 3.8) is 0 Å². The van der Waals surface area contributed by atoms with Crippen LogP contribution in [0.5, 0.6) is 11.5 Å². The van der Waals surface area contributed by atoms with Crippen LogP contribution >= 0.6 is 50.9 Å². The highest BCUT2D eigenvalue weighted by molar-refractivity contribution is 9.10. The van der Waals surface area contributed by atoms with Gasteiger partial charge in [0, 0.05) is 15.2 Å². The molecule has 1 aliphatic heterocycles. The number of carbonyl (C=O) groups is 3. The summed E-state index contributed by atoms with van der Waals surface area (Å²) in [6, 6.07) is 17.5. The van der Waals surface area contributed by atoms with Gasteiger partial charge < -0.3 is 14.8 Å². The number of hydrogen-bond acceptors (Lipinski definition) is 6. The van der Waals surface area contributed by atoms with Gasteiger partial charge in [-0.05, 0) is 84.4 Å². The lowest BCUT2D eigenvalue weighted by atomic mass is 10.1. The summed E-state index contributed by atoms with van der Waals surface area (Å²) in [7, 11) is 0. The fourth-order valence-corrected chi connectivity index (χ4v) is 4.98. The van der Waals surface area contributed by atoms with Gasteiger partial charge in [-0.3, -0.25) is 19.3 Å². The lowest BCUT2D eigenvalue weighted by Crippen LogP contribution is -2.36. The van der Waals surface area contributed by atoms with Gasteiger partial charge >= 0.3 is 0 Å². The highest BCUT2D eigenvalue weighted by atomic mass is 79.9. The molecular formula is C27H21BrCl2N2O5S. The van der Waals surface area contributed by atoms with Crippen molar-refractivity contribution in [2.75, 3.05) is 18.5 Å². The summed E-state index contributed by atoms with van der Waals surface area (Å²) >= 11 is 16.5. The van der Waals surface area contributed by atoms with Crippen LogP contribution in [0, 0.1) is 0 Å². The van der Waals surface area contributed by atoms with Gasteiger partial charge in [-0.2, -0.15) is 0 Å². The summed E-state index contributed by atoms with van der Waals surface area (Å²) in [6.07, 6.45) is 1.54. The van der Waals surface area contributed by atoms with Crippen LogP contribution in [0.3, 0.4) is 0 Å². The molecule has 0 spiro atoms. The molecule has 1 N–H and O–H groups in total. The Morgan fingerprint density at radius 1 is 1.05 bits per heavy atom. The predicted octanol–water partition coefficient (Wildman–Crippen LogP) is 7.41. The monoisotopic (exact) mass is 634 g/mol. The number of hydrogen-bond donors (Lipinski definition) is 1. The van der Waals surface area contributed by atoms with Crippen LogP contribution in [-0.2, 0) is 16.2 Å². The molecule has 0 unspecified atom stereocenters. The number of ether oxygens (including phenoxy) is 2. The summed E-state index contributed by atoms with van der Waals surface area (Å²) in [6.45, 7) is 2.04. The molecule has 38 heavy (non-hydrogen) atoms. The molecule has 11 heteroatoms. The Morgan fingerprint density at radius 3 is 2.45 bits per heavy atom. The Morgan fingerprint density at radius 2 is 1.76 bits per heavy atom. The smallest absolute Gasteiger partial charge is 0.294 e. The second-order valence-electron chi connectivity index (χ2n) is 8.00. The molecule has 3 amide bonds. The van der Waals surface area contributed by atoms with E-state index >= 15 is 0 Å². The zero-order valence-electron chi connectivity index (χ0n) is 20.0. The van der Waals surface area contributed by atoms with Crippen LogP contribution in [0.4, 0.5) is 10.5 Å². The van der Waals surface area contributed by atoms with Crippen molar-refractivity contribution < 1.29 is 23.9 Å². The molecule has 7 nitrogen and oxygen atoms in total. The van der Waals surface area contributed by atoms with E-state index in [2.05, 4.69) is 21.2 Å². The zero-order chi connectivity index (χ0) is 27.2. The van der Waals surface area contributed by atoms with Crippen molar-refractivity contribution in [2.24, 2.45) is 0 Å². The quantitative estimate of drug-likeness (QED) is 0.247. The Labute approximate surface area is 242 Å². The van der Waals surface area contributed by atoms with Gasteiger partial charge in [0.1, 0.15) is 13.2 Å². The number of rotatable bonds is 9. The number of anilines is 1. The first kappa shape index (κ1) is 28.0. The maximum absolute atomic E-state index is 12.9. The van der Waals surface area contributed by atoms with Crippen LogP contribution in [0.15, 0.2) is 70.0 Å². The molecule has 0 bridgehead atoms. The number of nitrogens with zero attached hydrogens (tertiary/aromatic N) is 1. The number of nitrogens with one attached hydrogen (secondary N) is 1. The maximum atomic E-state index is 12.9. The molecule has 1 heterocycles. The zero-order valence-corrected chi connectivity index (χ0v) is 23.9. The topological polar surface area (TPSA) is 84.9 Å². The second kappa shape index (κ2) is 12.7. The third-order valence-electron chi connectivity index (χ3n) is 5.23. The molecule has 0 aromatic heterocycles. The largest absolute Gasteiger partial charge is 0.490 e. The fraction of sp³-hybridized carbons (Fsp3) is 0.148. The van der Waals surface area contributed by atoms with Gasteiger partial charge in [-0.1, -0.05) is 51.3 Å². The Bertz CT molecular complexity index is 1400. The maximum Gasteiger partial charge on any atom is 0.294 e. The Kier molecular flexibility index (Phi) is 9.38. The number of imide groups is 1. The van der Waals surface area contributed by atoms with Gasteiger partial charge in [0.15, 0.2) is 11.5 Å². The average Bonchev–Trinajstić information content (AvgIpc) is 3.13. The number of carbonyl (C=O) groups excluding carboxylic acids is 3. The molecule has 3 aromatic carbocycles. The van der Waals surface area contributed by atoms with Gasteiger partial charge in [0.05, 0.1) is 16.5 Å². The summed E-state index contributed by atoms with van der Waals surface area (Å²) in [5.74, 6) is -0.297. The third-order valence-corrected chi connectivity index (χ3v) is 7.20. The molecule has 196 valence electrons. The van der Waals surface area contributed by atoms with Crippen LogP contribution in [0.25, 0.3) is 6.08 Å². The SMILES string of the molecule is CCOc1cc(/C=C2/SC(=O)N(CC(=O)Nc3ccc(Br)cc3)C2=O)cc(Cl)c1OCc1ccc(Cl)cc1. The van der Waals surface area contributed by atoms with Gasteiger partial charge in [0.2, 0.25) is 5.91 Å². The average molecular weight is 636 g/mol. The molecule has 1 fully saturated rings. The van der Waals surface area contributed by atoms with Gasteiger partial charge in [-0.15, -0.1) is 0 Å². The van der Waals surface area contributed by atoms with E-state index in [0.29, 0.717) is 34.4 Å². The molecule has 4 rings (SSSR count). The highest BCUT2D eigenvalue weighted by Gasteiger charge is 2.36. The third kappa shape index (κ3) is 7.11. The fourth-order valence-electron chi connectivity index (χ4n) is 3.48. The lowest BCUT2D eigenvalue weighted by Gasteiger charge is -2.15. The van der Waals surface area contributed by atoms with Crippen molar-refractivity contribution in [1.29, 1.82) is 0 Å². The molecule has 0 radical (unpaired) electrons. The Hall–Kier alpha value is -2.98. The summed E-state index contributed by atoms with van der Waals surface area (Å²) in [4.78, 5) is 38.9. The number of amides is 3. The second-order valence-corrected chi connectivity index (χ2v) is 10.8. The van der Waals surface area contributed by atoms with E-state index in [0.717, 1.165) is 26.7 Å². The summed E-state index contributed by atoms with van der Waals surface area (Å²) in [5.41, 5.74) is 1.99. The first-order chi connectivity index (χ1) is 18.2. The van der Waals surface area contributed by atoms with Crippen LogP contribution in [-0.4, -0.2) is 35.1 Å². The Balaban J connectivity index is 1.48. The standard InChI is InChI=1S/C27H21BrCl2N2O5S/c1-2-36-22-12-17(11-21(30)25(22)37-15-16-3-7-19(29)8-4-16)13-23-26(34)32(27(35)38-23)14-24(33)31-20-9-5-18(28)6-10-20/h3-13H,2,14-15H2,1H3,(H,31,33)/b23-13+. The molecule has 3 aromatic rings. The first-order valence-corrected chi connectivity index (χ1v) is 13.7. The molecule has 0 saturated carbocycles. The summed E-state index contributed by atoms with van der Waals surface area (Å²) in [5, 5.41) is 3.05. The molecule has 1 aliphatic rings. The number of benzene rings is 3. The van der Waals surface area contributed by atoms with Crippen molar-refractivity contribution in [3.05, 3.63) is 91.2 Å². The minimum absolute atomic E-state index is 0.166. The van der Waals surface area contributed by atoms with Crippen molar-refractivity contribution >= 4 is 79.7 Å². The van der Waals surface area contributed by atoms with Crippen LogP contribution < -0.4 is 14.8 Å². The minimum atomic E-state index is -0.567. The molecule has 0 atom stereocenters. The van der Waals surface area contributed by atoms with Gasteiger partial charge in [-0.25, -0.2) is 0 Å². The highest BCUT2D eigenvalue weighted by Crippen LogP contribution is 2.39. The van der Waals surface area contributed by atoms with Gasteiger partial charge in [0.25, 0.3) is 11.1 Å². The molecular weight excluding hydrogens is 615 g/mol. The van der Waals surface area contributed by atoms with Crippen molar-refractivity contribution in [3.8, 4) is 11.5 Å². The van der Waals surface area contributed by atoms with E-state index in [4.69, 9.17) is 32.7 Å². The normalized spacial score (nSPS) is 14.2. The van der Waals surface area contributed by atoms with E-state index in [1.807, 2.05) is 19.1 Å². The van der Waals surface area contributed by atoms with E-state index in [-0.39, 0.29) is 16.5 Å². The van der Waals surface area contributed by atoms with E-state index < -0.39 is 23.6 Å². The van der Waals surface area contributed by atoms with Crippen molar-refractivity contribution in [2.45, 2.75) is 13.5 Å². The van der Waals surface area contributed by atoms with Crippen LogP contribution in [0.1, 0.15) is 18.1 Å². The molecule has 1 saturated heterocycles. The molecule has 0 aliphatic carbocycles.